The highest BCUT2D eigenvalue weighted by molar-refractivity contribution is 9.10. The van der Waals surface area contributed by atoms with Gasteiger partial charge in [-0.15, -0.1) is 0 Å². The Kier molecular flexibility index (Phi) is 2.71. The highest BCUT2D eigenvalue weighted by Crippen LogP contribution is 2.27. The average Bonchev–Trinajstić information content (AvgIpc) is 2.83. The van der Waals surface area contributed by atoms with Crippen molar-refractivity contribution < 1.29 is 4.74 Å². The summed E-state index contributed by atoms with van der Waals surface area (Å²) < 4.78 is 6.79. The van der Waals surface area contributed by atoms with Gasteiger partial charge in [0.1, 0.15) is 17.6 Å². The smallest absolute Gasteiger partial charge is 0.248 e. The van der Waals surface area contributed by atoms with Crippen LogP contribution in [0.5, 0.6) is 11.6 Å². The quantitative estimate of drug-likeness (QED) is 0.789. The molecule has 0 radical (unpaired) electrons. The maximum Gasteiger partial charge on any atom is 0.248 e. The molecule has 0 saturated heterocycles. The summed E-state index contributed by atoms with van der Waals surface area (Å²) in [7, 11) is 0. The number of hydrogen-bond donors (Lipinski definition) is 1. The van der Waals surface area contributed by atoms with Crippen LogP contribution < -0.4 is 4.74 Å². The molecule has 0 amide bonds. The number of aromatic nitrogens is 4. The summed E-state index contributed by atoms with van der Waals surface area (Å²) >= 11 is 3.45. The zero-order valence-electron chi connectivity index (χ0n) is 9.51. The van der Waals surface area contributed by atoms with Crippen molar-refractivity contribution in [3.05, 3.63) is 40.9 Å². The van der Waals surface area contributed by atoms with Crippen molar-refractivity contribution in [1.29, 1.82) is 0 Å². The van der Waals surface area contributed by atoms with Gasteiger partial charge in [0, 0.05) is 4.47 Å². The maximum atomic E-state index is 5.74. The summed E-state index contributed by atoms with van der Waals surface area (Å²) in [5.74, 6) is 1.20. The highest BCUT2D eigenvalue weighted by Gasteiger charge is 2.08. The summed E-state index contributed by atoms with van der Waals surface area (Å²) in [4.78, 5) is 15.2. The van der Waals surface area contributed by atoms with Crippen molar-refractivity contribution in [1.82, 2.24) is 19.9 Å². The Balaban J connectivity index is 2.01. The number of hydrogen-bond acceptors (Lipinski definition) is 4. The monoisotopic (exact) mass is 304 g/mol. The van der Waals surface area contributed by atoms with E-state index in [0.29, 0.717) is 17.0 Å². The largest absolute Gasteiger partial charge is 0.437 e. The van der Waals surface area contributed by atoms with E-state index in [1.165, 1.54) is 6.33 Å². The first kappa shape index (κ1) is 11.2. The first-order valence-corrected chi connectivity index (χ1v) is 6.11. The van der Waals surface area contributed by atoms with Gasteiger partial charge < -0.3 is 9.72 Å². The van der Waals surface area contributed by atoms with Gasteiger partial charge in [-0.2, -0.15) is 4.98 Å². The molecule has 5 nitrogen and oxygen atoms in total. The van der Waals surface area contributed by atoms with Gasteiger partial charge in [-0.1, -0.05) is 15.9 Å². The van der Waals surface area contributed by atoms with Crippen LogP contribution in [0.1, 0.15) is 5.56 Å². The predicted octanol–water partition coefficient (Wildman–Crippen LogP) is 3.22. The fraction of sp³-hybridized carbons (Fsp3) is 0.0833. The lowest BCUT2D eigenvalue weighted by atomic mass is 10.2. The minimum Gasteiger partial charge on any atom is -0.437 e. The van der Waals surface area contributed by atoms with Crippen LogP contribution in [-0.4, -0.2) is 19.9 Å². The summed E-state index contributed by atoms with van der Waals surface area (Å²) in [5.41, 5.74) is 2.38. The molecular weight excluding hydrogens is 296 g/mol. The van der Waals surface area contributed by atoms with Crippen LogP contribution in [0, 0.1) is 6.92 Å². The average molecular weight is 305 g/mol. The first-order valence-electron chi connectivity index (χ1n) is 5.32. The molecule has 0 atom stereocenters. The topological polar surface area (TPSA) is 63.7 Å². The van der Waals surface area contributed by atoms with Crippen LogP contribution in [0.25, 0.3) is 11.2 Å². The number of aryl methyl sites for hydroxylation is 1. The Bertz CT molecular complexity index is 710. The number of halogens is 1. The minimum absolute atomic E-state index is 0.472. The first-order chi connectivity index (χ1) is 8.74. The Morgan fingerprint density at radius 3 is 2.94 bits per heavy atom. The number of rotatable bonds is 2. The summed E-state index contributed by atoms with van der Waals surface area (Å²) in [6, 6.07) is 5.76. The molecule has 0 aliphatic heterocycles. The van der Waals surface area contributed by atoms with Gasteiger partial charge >= 0.3 is 0 Å². The molecule has 0 bridgehead atoms. The van der Waals surface area contributed by atoms with E-state index >= 15 is 0 Å². The van der Waals surface area contributed by atoms with E-state index in [4.69, 9.17) is 4.74 Å². The van der Waals surface area contributed by atoms with Crippen molar-refractivity contribution in [2.24, 2.45) is 0 Å². The second-order valence-electron chi connectivity index (χ2n) is 3.79. The van der Waals surface area contributed by atoms with Gasteiger partial charge in [-0.05, 0) is 30.7 Å². The third-order valence-corrected chi connectivity index (χ3v) is 3.42. The van der Waals surface area contributed by atoms with E-state index in [2.05, 4.69) is 35.9 Å². The molecule has 0 saturated carbocycles. The molecule has 0 spiro atoms. The molecule has 6 heteroatoms. The molecule has 90 valence electrons. The number of H-pyrrole nitrogens is 1. The molecule has 0 aliphatic carbocycles. The SMILES string of the molecule is Cc1cc(Oc2ncnc3nc[nH]c23)ccc1Br. The lowest BCUT2D eigenvalue weighted by Gasteiger charge is -2.06. The molecule has 1 N–H and O–H groups in total. The zero-order chi connectivity index (χ0) is 12.5. The fourth-order valence-electron chi connectivity index (χ4n) is 1.61. The summed E-state index contributed by atoms with van der Waals surface area (Å²) in [6.07, 6.45) is 3.00. The second-order valence-corrected chi connectivity index (χ2v) is 4.65. The molecule has 2 aromatic heterocycles. The lowest BCUT2D eigenvalue weighted by molar-refractivity contribution is 0.466. The summed E-state index contributed by atoms with van der Waals surface area (Å²) in [6.45, 7) is 2.00. The molecule has 1 aromatic carbocycles. The van der Waals surface area contributed by atoms with E-state index in [0.717, 1.165) is 15.8 Å². The van der Waals surface area contributed by atoms with E-state index in [1.54, 1.807) is 6.33 Å². The molecule has 2 heterocycles. The third kappa shape index (κ3) is 1.95. The number of nitrogens with one attached hydrogen (secondary N) is 1. The zero-order valence-corrected chi connectivity index (χ0v) is 11.1. The Hall–Kier alpha value is -1.95. The molecule has 18 heavy (non-hydrogen) atoms. The lowest BCUT2D eigenvalue weighted by Crippen LogP contribution is -1.91. The third-order valence-electron chi connectivity index (χ3n) is 2.53. The van der Waals surface area contributed by atoms with Gasteiger partial charge in [-0.3, -0.25) is 0 Å². The number of ether oxygens (including phenoxy) is 1. The van der Waals surface area contributed by atoms with Gasteiger partial charge in [0.05, 0.1) is 6.33 Å². The highest BCUT2D eigenvalue weighted by atomic mass is 79.9. The molecule has 0 unspecified atom stereocenters. The Labute approximate surface area is 111 Å². The van der Waals surface area contributed by atoms with Crippen LogP contribution >= 0.6 is 15.9 Å². The van der Waals surface area contributed by atoms with Crippen molar-refractivity contribution in [3.63, 3.8) is 0 Å². The summed E-state index contributed by atoms with van der Waals surface area (Å²) in [5, 5.41) is 0. The number of aromatic amines is 1. The van der Waals surface area contributed by atoms with E-state index in [1.807, 2.05) is 25.1 Å². The van der Waals surface area contributed by atoms with Crippen molar-refractivity contribution in [2.75, 3.05) is 0 Å². The van der Waals surface area contributed by atoms with Crippen LogP contribution in [0.4, 0.5) is 0 Å². The second kappa shape index (κ2) is 4.38. The van der Waals surface area contributed by atoms with Gasteiger partial charge in [-0.25, -0.2) is 9.97 Å². The van der Waals surface area contributed by atoms with Crippen molar-refractivity contribution in [2.45, 2.75) is 6.92 Å². The number of nitrogens with zero attached hydrogens (tertiary/aromatic N) is 3. The van der Waals surface area contributed by atoms with E-state index < -0.39 is 0 Å². The Morgan fingerprint density at radius 2 is 2.11 bits per heavy atom. The van der Waals surface area contributed by atoms with Crippen LogP contribution in [0.15, 0.2) is 35.3 Å². The predicted molar refractivity (Wildman–Crippen MR) is 70.6 cm³/mol. The minimum atomic E-state index is 0.472. The van der Waals surface area contributed by atoms with Gasteiger partial charge in [0.25, 0.3) is 0 Å². The van der Waals surface area contributed by atoms with Crippen LogP contribution in [-0.2, 0) is 0 Å². The molecule has 0 fully saturated rings. The Morgan fingerprint density at radius 1 is 1.22 bits per heavy atom. The van der Waals surface area contributed by atoms with Crippen molar-refractivity contribution in [3.8, 4) is 11.6 Å². The van der Waals surface area contributed by atoms with Gasteiger partial charge in [0.2, 0.25) is 5.88 Å². The molecule has 0 aliphatic rings. The fourth-order valence-corrected chi connectivity index (χ4v) is 1.86. The normalized spacial score (nSPS) is 10.8. The van der Waals surface area contributed by atoms with Crippen molar-refractivity contribution >= 4 is 27.1 Å². The molecular formula is C12H9BrN4O. The number of fused-ring (bicyclic) bond motifs is 1. The standard InChI is InChI=1S/C12H9BrN4O/c1-7-4-8(2-3-9(7)13)18-12-10-11(15-5-14-10)16-6-17-12/h2-6H,1H3,(H,14,15,16,17). The molecule has 3 rings (SSSR count). The maximum absolute atomic E-state index is 5.74. The van der Waals surface area contributed by atoms with Crippen LogP contribution in [0.3, 0.4) is 0 Å². The van der Waals surface area contributed by atoms with Gasteiger partial charge in [0.15, 0.2) is 5.65 Å². The van der Waals surface area contributed by atoms with Crippen LogP contribution in [0.2, 0.25) is 0 Å². The number of benzene rings is 1. The van der Waals surface area contributed by atoms with E-state index in [9.17, 15) is 0 Å². The number of imidazole rings is 1. The van der Waals surface area contributed by atoms with E-state index in [-0.39, 0.29) is 0 Å². The molecule has 3 aromatic rings.